The fourth-order valence-electron chi connectivity index (χ4n) is 3.53. The van der Waals surface area contributed by atoms with E-state index in [9.17, 15) is 9.18 Å². The van der Waals surface area contributed by atoms with Gasteiger partial charge in [-0.25, -0.2) is 19.0 Å². The number of carbonyl (C=O) groups excluding carboxylic acids is 1. The van der Waals surface area contributed by atoms with Crippen LogP contribution in [0.4, 0.5) is 10.1 Å². The van der Waals surface area contributed by atoms with Crippen LogP contribution in [0.1, 0.15) is 38.7 Å². The largest absolute Gasteiger partial charge is 0.321 e. The van der Waals surface area contributed by atoms with Gasteiger partial charge < -0.3 is 5.32 Å². The molecule has 0 unspecified atom stereocenters. The van der Waals surface area contributed by atoms with E-state index in [2.05, 4.69) is 25.6 Å². The van der Waals surface area contributed by atoms with E-state index >= 15 is 0 Å². The number of nitrogens with zero attached hydrogens (tertiary/aromatic N) is 5. The Balaban J connectivity index is 1.68. The Morgan fingerprint density at radius 1 is 0.970 bits per heavy atom. The number of benzene rings is 2. The van der Waals surface area contributed by atoms with Crippen molar-refractivity contribution in [2.24, 2.45) is 0 Å². The molecule has 9 heteroatoms. The lowest BCUT2D eigenvalue weighted by Gasteiger charge is -2.10. The Morgan fingerprint density at radius 2 is 1.61 bits per heavy atom. The van der Waals surface area contributed by atoms with Gasteiger partial charge in [0.1, 0.15) is 5.82 Å². The van der Waals surface area contributed by atoms with Crippen LogP contribution in [0.2, 0.25) is 0 Å². The van der Waals surface area contributed by atoms with Crippen molar-refractivity contribution < 1.29 is 9.18 Å². The lowest BCUT2D eigenvalue weighted by molar-refractivity contribution is 0.102. The smallest absolute Gasteiger partial charge is 0.278 e. The maximum Gasteiger partial charge on any atom is 0.278 e. The van der Waals surface area contributed by atoms with Gasteiger partial charge in [0.05, 0.1) is 11.4 Å². The van der Waals surface area contributed by atoms with Gasteiger partial charge >= 0.3 is 0 Å². The Hall–Kier alpha value is -3.59. The molecule has 2 aromatic carbocycles. The average Bonchev–Trinajstić information content (AvgIpc) is 3.15. The number of anilines is 1. The monoisotopic (exact) mass is 462 g/mol. The third-order valence-electron chi connectivity index (χ3n) is 4.83. The molecule has 0 fully saturated rings. The van der Waals surface area contributed by atoms with E-state index < -0.39 is 0 Å². The highest BCUT2D eigenvalue weighted by Gasteiger charge is 2.22. The lowest BCUT2D eigenvalue weighted by atomic mass is 10.1. The third kappa shape index (κ3) is 5.43. The normalized spacial score (nSPS) is 10.9. The molecule has 0 bridgehead atoms. The number of hydrogen-bond acceptors (Lipinski definition) is 6. The number of hydrogen-bond donors (Lipinski definition) is 1. The van der Waals surface area contributed by atoms with Crippen molar-refractivity contribution in [1.82, 2.24) is 25.0 Å². The Morgan fingerprint density at radius 3 is 2.24 bits per heavy atom. The lowest BCUT2D eigenvalue weighted by Crippen LogP contribution is -2.15. The first kappa shape index (κ1) is 22.6. The number of carbonyl (C=O) groups is 1. The standard InChI is InChI=1S/C24H23FN6OS/c1-14-9-15(2)11-19(10-14)28-23(32)22-21(13-33-24-26-16(3)12-17(4)27-24)31(30-29-22)20-7-5-18(25)6-8-20/h5-12H,13H2,1-4H3,(H,28,32). The zero-order chi connectivity index (χ0) is 23.5. The van der Waals surface area contributed by atoms with Crippen molar-refractivity contribution >= 4 is 23.4 Å². The zero-order valence-corrected chi connectivity index (χ0v) is 19.6. The number of thioether (sulfide) groups is 1. The highest BCUT2D eigenvalue weighted by atomic mass is 32.2. The molecule has 4 rings (SSSR count). The molecule has 2 aromatic heterocycles. The molecule has 0 aliphatic rings. The van der Waals surface area contributed by atoms with Crippen LogP contribution in [-0.2, 0) is 5.75 Å². The molecular weight excluding hydrogens is 439 g/mol. The second kappa shape index (κ2) is 9.50. The van der Waals surface area contributed by atoms with Crippen molar-refractivity contribution in [3.63, 3.8) is 0 Å². The second-order valence-corrected chi connectivity index (χ2v) is 8.77. The SMILES string of the molecule is Cc1cc(C)cc(NC(=O)c2nnn(-c3ccc(F)cc3)c2CSc2nc(C)cc(C)n2)c1. The van der Waals surface area contributed by atoms with E-state index in [4.69, 9.17) is 0 Å². The van der Waals surface area contributed by atoms with Gasteiger partial charge in [-0.1, -0.05) is 23.0 Å². The molecule has 168 valence electrons. The summed E-state index contributed by atoms with van der Waals surface area (Å²) >= 11 is 1.38. The van der Waals surface area contributed by atoms with E-state index in [0.717, 1.165) is 22.5 Å². The molecule has 33 heavy (non-hydrogen) atoms. The zero-order valence-electron chi connectivity index (χ0n) is 18.8. The van der Waals surface area contributed by atoms with Crippen LogP contribution in [0.3, 0.4) is 0 Å². The topological polar surface area (TPSA) is 85.6 Å². The van der Waals surface area contributed by atoms with Gasteiger partial charge in [0.25, 0.3) is 5.91 Å². The molecule has 7 nitrogen and oxygen atoms in total. The number of aromatic nitrogens is 5. The first-order valence-electron chi connectivity index (χ1n) is 10.3. The molecule has 0 aliphatic carbocycles. The fourth-order valence-corrected chi connectivity index (χ4v) is 4.47. The van der Waals surface area contributed by atoms with Crippen molar-refractivity contribution in [1.29, 1.82) is 0 Å². The van der Waals surface area contributed by atoms with Crippen LogP contribution in [-0.4, -0.2) is 30.9 Å². The number of nitrogens with one attached hydrogen (secondary N) is 1. The first-order chi connectivity index (χ1) is 15.8. The molecule has 1 amide bonds. The molecule has 0 atom stereocenters. The van der Waals surface area contributed by atoms with E-state index in [1.165, 1.54) is 23.9 Å². The molecule has 0 aliphatic heterocycles. The summed E-state index contributed by atoms with van der Waals surface area (Å²) in [7, 11) is 0. The molecule has 4 aromatic rings. The van der Waals surface area contributed by atoms with Gasteiger partial charge in [0.2, 0.25) is 0 Å². The fraction of sp³-hybridized carbons (Fsp3) is 0.208. The van der Waals surface area contributed by atoms with Crippen molar-refractivity contribution in [2.75, 3.05) is 5.32 Å². The van der Waals surface area contributed by atoms with E-state index in [-0.39, 0.29) is 17.4 Å². The van der Waals surface area contributed by atoms with Crippen molar-refractivity contribution in [2.45, 2.75) is 38.6 Å². The van der Waals surface area contributed by atoms with Gasteiger partial charge in [-0.2, -0.15) is 0 Å². The summed E-state index contributed by atoms with van der Waals surface area (Å²) < 4.78 is 15.0. The Bertz CT molecular complexity index is 1280. The van der Waals surface area contributed by atoms with Gasteiger partial charge in [-0.15, -0.1) is 5.10 Å². The number of halogens is 1. The van der Waals surface area contributed by atoms with Crippen LogP contribution in [0.25, 0.3) is 5.69 Å². The summed E-state index contributed by atoms with van der Waals surface area (Å²) in [5.41, 5.74) is 5.86. The van der Waals surface area contributed by atoms with Gasteiger partial charge in [-0.05, 0) is 81.3 Å². The van der Waals surface area contributed by atoms with Crippen LogP contribution in [0, 0.1) is 33.5 Å². The molecule has 0 radical (unpaired) electrons. The number of amides is 1. The van der Waals surface area contributed by atoms with Gasteiger partial charge in [0, 0.05) is 22.8 Å². The number of rotatable bonds is 6. The highest BCUT2D eigenvalue weighted by molar-refractivity contribution is 7.98. The van der Waals surface area contributed by atoms with Gasteiger partial charge in [-0.3, -0.25) is 4.79 Å². The maximum atomic E-state index is 13.5. The maximum absolute atomic E-state index is 13.5. The van der Waals surface area contributed by atoms with Crippen LogP contribution < -0.4 is 5.32 Å². The minimum absolute atomic E-state index is 0.190. The van der Waals surface area contributed by atoms with Crippen molar-refractivity contribution in [3.8, 4) is 5.69 Å². The van der Waals surface area contributed by atoms with Crippen LogP contribution in [0.5, 0.6) is 0 Å². The predicted octanol–water partition coefficient (Wildman–Crippen LogP) is 4.97. The molecule has 0 saturated heterocycles. The second-order valence-electron chi connectivity index (χ2n) is 7.83. The summed E-state index contributed by atoms with van der Waals surface area (Å²) in [5.74, 6) is -0.375. The van der Waals surface area contributed by atoms with Crippen LogP contribution >= 0.6 is 11.8 Å². The van der Waals surface area contributed by atoms with Gasteiger partial charge in [0.15, 0.2) is 10.9 Å². The summed E-state index contributed by atoms with van der Waals surface area (Å²) in [4.78, 5) is 22.1. The minimum atomic E-state index is -0.370. The van der Waals surface area contributed by atoms with E-state index in [1.54, 1.807) is 16.8 Å². The molecule has 1 N–H and O–H groups in total. The third-order valence-corrected chi connectivity index (χ3v) is 5.69. The summed E-state index contributed by atoms with van der Waals surface area (Å²) in [6, 6.07) is 13.6. The number of aryl methyl sites for hydroxylation is 4. The molecule has 0 spiro atoms. The quantitative estimate of drug-likeness (QED) is 0.321. The highest BCUT2D eigenvalue weighted by Crippen LogP contribution is 2.25. The average molecular weight is 463 g/mol. The Labute approximate surface area is 195 Å². The van der Waals surface area contributed by atoms with Crippen molar-refractivity contribution in [3.05, 3.63) is 88.3 Å². The summed E-state index contributed by atoms with van der Waals surface area (Å²) in [5, 5.41) is 11.9. The molecule has 2 heterocycles. The van der Waals surface area contributed by atoms with Crippen LogP contribution in [0.15, 0.2) is 53.7 Å². The molecular formula is C24H23FN6OS. The summed E-state index contributed by atoms with van der Waals surface area (Å²) in [6.45, 7) is 7.76. The molecule has 0 saturated carbocycles. The van der Waals surface area contributed by atoms with E-state index in [1.807, 2.05) is 52.0 Å². The Kier molecular flexibility index (Phi) is 6.50. The predicted molar refractivity (Wildman–Crippen MR) is 126 cm³/mol. The summed E-state index contributed by atoms with van der Waals surface area (Å²) in [6.07, 6.45) is 0. The van der Waals surface area contributed by atoms with E-state index in [0.29, 0.717) is 28.0 Å². The minimum Gasteiger partial charge on any atom is -0.321 e. The first-order valence-corrected chi connectivity index (χ1v) is 11.3.